The Kier molecular flexibility index (Phi) is 4.41. The molecule has 17 heavy (non-hydrogen) atoms. The van der Waals surface area contributed by atoms with Crippen molar-refractivity contribution in [3.8, 4) is 0 Å². The maximum absolute atomic E-state index is 12.3. The molecule has 0 amide bonds. The first-order chi connectivity index (χ1) is 7.78. The smallest absolute Gasteiger partial charge is 0.414 e. The van der Waals surface area contributed by atoms with Gasteiger partial charge in [-0.2, -0.15) is 13.2 Å². The molecule has 0 spiro atoms. The van der Waals surface area contributed by atoms with Gasteiger partial charge in [-0.1, -0.05) is 25.7 Å². The van der Waals surface area contributed by atoms with Crippen molar-refractivity contribution in [2.24, 2.45) is 5.41 Å². The number of aliphatic carboxylic acids is 1. The second-order valence-electron chi connectivity index (χ2n) is 4.76. The average molecular weight is 254 g/mol. The van der Waals surface area contributed by atoms with E-state index in [2.05, 4.69) is 0 Å². The van der Waals surface area contributed by atoms with Crippen LogP contribution in [0.15, 0.2) is 0 Å². The minimum absolute atomic E-state index is 0.218. The lowest BCUT2D eigenvalue weighted by molar-refractivity contribution is -0.215. The number of alkyl halides is 3. The molecule has 0 saturated heterocycles. The molecule has 0 aliphatic heterocycles. The molecule has 3 nitrogen and oxygen atoms in total. The summed E-state index contributed by atoms with van der Waals surface area (Å²) < 4.78 is 36.9. The van der Waals surface area contributed by atoms with Gasteiger partial charge in [0.25, 0.3) is 0 Å². The fraction of sp³-hybridized carbons (Fsp3) is 0.909. The van der Waals surface area contributed by atoms with Gasteiger partial charge in [0.2, 0.25) is 0 Å². The summed E-state index contributed by atoms with van der Waals surface area (Å²) in [6, 6.07) is 0. The highest BCUT2D eigenvalue weighted by atomic mass is 19.4. The van der Waals surface area contributed by atoms with Crippen LogP contribution in [0.3, 0.4) is 0 Å². The maximum Gasteiger partial charge on any atom is 0.414 e. The SMILES string of the molecule is O=C(O)C1(CC(O)C(F)(F)F)CCCCCC1. The summed E-state index contributed by atoms with van der Waals surface area (Å²) in [5, 5.41) is 18.2. The van der Waals surface area contributed by atoms with Gasteiger partial charge < -0.3 is 10.2 Å². The summed E-state index contributed by atoms with van der Waals surface area (Å²) in [4.78, 5) is 11.2. The van der Waals surface area contributed by atoms with Crippen LogP contribution in [-0.2, 0) is 4.79 Å². The molecule has 0 aromatic carbocycles. The third-order valence-electron chi connectivity index (χ3n) is 3.48. The van der Waals surface area contributed by atoms with Gasteiger partial charge in [0, 0.05) is 0 Å². The van der Waals surface area contributed by atoms with Gasteiger partial charge in [-0.05, 0) is 19.3 Å². The Hall–Kier alpha value is -0.780. The van der Waals surface area contributed by atoms with Crippen molar-refractivity contribution in [3.05, 3.63) is 0 Å². The van der Waals surface area contributed by atoms with Gasteiger partial charge in [0.1, 0.15) is 0 Å². The zero-order valence-corrected chi connectivity index (χ0v) is 9.46. The fourth-order valence-corrected chi connectivity index (χ4v) is 2.40. The molecule has 0 bridgehead atoms. The van der Waals surface area contributed by atoms with Gasteiger partial charge in [-0.25, -0.2) is 0 Å². The first kappa shape index (κ1) is 14.3. The molecular weight excluding hydrogens is 237 g/mol. The summed E-state index contributed by atoms with van der Waals surface area (Å²) in [5.41, 5.74) is -1.41. The van der Waals surface area contributed by atoms with Gasteiger partial charge >= 0.3 is 12.1 Å². The lowest BCUT2D eigenvalue weighted by Crippen LogP contribution is -2.40. The molecule has 0 heterocycles. The number of hydrogen-bond donors (Lipinski definition) is 2. The van der Waals surface area contributed by atoms with Crippen molar-refractivity contribution >= 4 is 5.97 Å². The molecule has 0 radical (unpaired) electrons. The van der Waals surface area contributed by atoms with Crippen molar-refractivity contribution < 1.29 is 28.2 Å². The third-order valence-corrected chi connectivity index (χ3v) is 3.48. The van der Waals surface area contributed by atoms with Gasteiger partial charge in [0.15, 0.2) is 6.10 Å². The van der Waals surface area contributed by atoms with Crippen molar-refractivity contribution in [2.45, 2.75) is 57.2 Å². The summed E-state index contributed by atoms with van der Waals surface area (Å²) in [6.07, 6.45) is -4.68. The topological polar surface area (TPSA) is 57.5 Å². The highest BCUT2D eigenvalue weighted by Gasteiger charge is 2.47. The van der Waals surface area contributed by atoms with Crippen LogP contribution in [-0.4, -0.2) is 28.5 Å². The second kappa shape index (κ2) is 5.25. The molecule has 1 fully saturated rings. The number of carboxylic acids is 1. The third kappa shape index (κ3) is 3.59. The van der Waals surface area contributed by atoms with Crippen molar-refractivity contribution in [1.82, 2.24) is 0 Å². The van der Waals surface area contributed by atoms with E-state index in [9.17, 15) is 18.0 Å². The number of aliphatic hydroxyl groups is 1. The van der Waals surface area contributed by atoms with Crippen LogP contribution in [0.5, 0.6) is 0 Å². The molecule has 1 rings (SSSR count). The molecule has 2 N–H and O–H groups in total. The summed E-state index contributed by atoms with van der Waals surface area (Å²) in [6.45, 7) is 0. The standard InChI is InChI=1S/C11H17F3O3/c12-11(13,14)8(15)7-10(9(16)17)5-3-1-2-4-6-10/h8,15H,1-7H2,(H,16,17). The van der Waals surface area contributed by atoms with E-state index in [1.165, 1.54) is 0 Å². The fourth-order valence-electron chi connectivity index (χ4n) is 2.40. The van der Waals surface area contributed by atoms with Crippen molar-refractivity contribution in [1.29, 1.82) is 0 Å². The predicted molar refractivity (Wildman–Crippen MR) is 54.4 cm³/mol. The highest BCUT2D eigenvalue weighted by molar-refractivity contribution is 5.74. The monoisotopic (exact) mass is 254 g/mol. The Labute approximate surface area is 97.6 Å². The molecule has 1 aliphatic carbocycles. The van der Waals surface area contributed by atoms with Gasteiger partial charge in [0.05, 0.1) is 5.41 Å². The van der Waals surface area contributed by atoms with Crippen molar-refractivity contribution in [3.63, 3.8) is 0 Å². The average Bonchev–Trinajstić information content (AvgIpc) is 2.42. The highest BCUT2D eigenvalue weighted by Crippen LogP contribution is 2.41. The first-order valence-corrected chi connectivity index (χ1v) is 5.76. The van der Waals surface area contributed by atoms with E-state index >= 15 is 0 Å². The zero-order chi connectivity index (χ0) is 13.1. The van der Waals surface area contributed by atoms with Crippen LogP contribution in [0, 0.1) is 5.41 Å². The number of carbonyl (C=O) groups is 1. The molecule has 0 aromatic heterocycles. The summed E-state index contributed by atoms with van der Waals surface area (Å²) in [5.74, 6) is -1.22. The lowest BCUT2D eigenvalue weighted by Gasteiger charge is -2.30. The van der Waals surface area contributed by atoms with E-state index in [0.29, 0.717) is 12.8 Å². The quantitative estimate of drug-likeness (QED) is 0.761. The summed E-state index contributed by atoms with van der Waals surface area (Å²) >= 11 is 0. The van der Waals surface area contributed by atoms with Crippen LogP contribution in [0.4, 0.5) is 13.2 Å². The Bertz CT molecular complexity index is 268. The van der Waals surface area contributed by atoms with Crippen LogP contribution in [0.1, 0.15) is 44.9 Å². The minimum atomic E-state index is -4.74. The van der Waals surface area contributed by atoms with Gasteiger partial charge in [-0.3, -0.25) is 4.79 Å². The van der Waals surface area contributed by atoms with Crippen LogP contribution in [0.2, 0.25) is 0 Å². The molecular formula is C11H17F3O3. The van der Waals surface area contributed by atoms with E-state index in [0.717, 1.165) is 12.8 Å². The molecule has 100 valence electrons. The lowest BCUT2D eigenvalue weighted by atomic mass is 9.75. The molecule has 1 atom stereocenters. The van der Waals surface area contributed by atoms with E-state index in [4.69, 9.17) is 10.2 Å². The predicted octanol–water partition coefficient (Wildman–Crippen LogP) is 2.72. The maximum atomic E-state index is 12.3. The molecule has 1 unspecified atom stereocenters. The van der Waals surface area contributed by atoms with E-state index in [-0.39, 0.29) is 12.8 Å². The molecule has 0 aromatic rings. The first-order valence-electron chi connectivity index (χ1n) is 5.76. The number of aliphatic hydroxyl groups excluding tert-OH is 1. The minimum Gasteiger partial charge on any atom is -0.481 e. The second-order valence-corrected chi connectivity index (χ2v) is 4.76. The van der Waals surface area contributed by atoms with Crippen LogP contribution >= 0.6 is 0 Å². The number of halogens is 3. The number of rotatable bonds is 3. The van der Waals surface area contributed by atoms with E-state index in [1.54, 1.807) is 0 Å². The number of hydrogen-bond acceptors (Lipinski definition) is 2. The molecule has 1 aliphatic rings. The Balaban J connectivity index is 2.81. The van der Waals surface area contributed by atoms with Crippen LogP contribution < -0.4 is 0 Å². The normalized spacial score (nSPS) is 22.8. The molecule has 6 heteroatoms. The van der Waals surface area contributed by atoms with E-state index in [1.807, 2.05) is 0 Å². The Morgan fingerprint density at radius 3 is 2.00 bits per heavy atom. The van der Waals surface area contributed by atoms with E-state index < -0.39 is 30.1 Å². The molecule has 1 saturated carbocycles. The van der Waals surface area contributed by atoms with Crippen molar-refractivity contribution in [2.75, 3.05) is 0 Å². The van der Waals surface area contributed by atoms with Crippen LogP contribution in [0.25, 0.3) is 0 Å². The summed E-state index contributed by atoms with van der Waals surface area (Å²) in [7, 11) is 0. The Morgan fingerprint density at radius 2 is 1.65 bits per heavy atom. The largest absolute Gasteiger partial charge is 0.481 e. The number of carboxylic acid groups (broad SMARTS) is 1. The van der Waals surface area contributed by atoms with Gasteiger partial charge in [-0.15, -0.1) is 0 Å². The zero-order valence-electron chi connectivity index (χ0n) is 9.46. The Morgan fingerprint density at radius 1 is 1.18 bits per heavy atom.